The van der Waals surface area contributed by atoms with Gasteiger partial charge in [0.05, 0.1) is 21.7 Å². The zero-order valence-electron chi connectivity index (χ0n) is 18.3. The molecular weight excluding hydrogens is 483 g/mol. The van der Waals surface area contributed by atoms with Crippen LogP contribution in [0.4, 0.5) is 5.13 Å². The number of nitrogens with zero attached hydrogens (tertiary/aromatic N) is 4. The van der Waals surface area contributed by atoms with Crippen LogP contribution in [-0.2, 0) is 10.5 Å². The van der Waals surface area contributed by atoms with E-state index in [0.717, 1.165) is 21.7 Å². The first-order valence-electron chi connectivity index (χ1n) is 10.6. The van der Waals surface area contributed by atoms with E-state index >= 15 is 0 Å². The molecule has 0 aliphatic heterocycles. The second kappa shape index (κ2) is 10.4. The summed E-state index contributed by atoms with van der Waals surface area (Å²) in [6, 6.07) is 26.3. The molecule has 0 unspecified atom stereocenters. The lowest BCUT2D eigenvalue weighted by molar-refractivity contribution is -0.113. The molecule has 3 aromatic carbocycles. The molecule has 0 atom stereocenters. The van der Waals surface area contributed by atoms with Crippen LogP contribution in [0.5, 0.6) is 0 Å². The minimum atomic E-state index is -0.122. The highest BCUT2D eigenvalue weighted by Gasteiger charge is 2.17. The number of fused-ring (bicyclic) bond motifs is 1. The van der Waals surface area contributed by atoms with Gasteiger partial charge in [-0.3, -0.25) is 9.36 Å². The van der Waals surface area contributed by atoms with Crippen LogP contribution in [0.15, 0.2) is 88.9 Å². The van der Waals surface area contributed by atoms with Crippen LogP contribution in [0, 0.1) is 6.92 Å². The number of carbonyl (C=O) groups is 1. The van der Waals surface area contributed by atoms with Gasteiger partial charge in [0.1, 0.15) is 5.82 Å². The normalized spacial score (nSPS) is 11.1. The third-order valence-corrected chi connectivity index (χ3v) is 7.82. The van der Waals surface area contributed by atoms with Crippen LogP contribution < -0.4 is 5.32 Å². The third-order valence-electron chi connectivity index (χ3n) is 4.95. The maximum absolute atomic E-state index is 12.7. The molecule has 34 heavy (non-hydrogen) atoms. The van der Waals surface area contributed by atoms with E-state index in [4.69, 9.17) is 0 Å². The predicted octanol–water partition coefficient (Wildman–Crippen LogP) is 6.21. The van der Waals surface area contributed by atoms with Gasteiger partial charge in [-0.2, -0.15) is 0 Å². The van der Waals surface area contributed by atoms with Crippen LogP contribution in [0.2, 0.25) is 0 Å². The summed E-state index contributed by atoms with van der Waals surface area (Å²) in [7, 11) is 0. The van der Waals surface area contributed by atoms with Crippen molar-refractivity contribution >= 4 is 56.1 Å². The molecule has 170 valence electrons. The number of hydrogen-bond acceptors (Lipinski definition) is 7. The summed E-state index contributed by atoms with van der Waals surface area (Å²) in [4.78, 5) is 18.4. The van der Waals surface area contributed by atoms with Crippen LogP contribution >= 0.6 is 34.9 Å². The van der Waals surface area contributed by atoms with Gasteiger partial charge in [-0.1, -0.05) is 65.6 Å². The van der Waals surface area contributed by atoms with Crippen molar-refractivity contribution in [3.63, 3.8) is 0 Å². The lowest BCUT2D eigenvalue weighted by Gasteiger charge is -2.10. The SMILES string of the molecule is Cc1ccc2nc(NC(=O)CSc3nnc(CSc4ccccc4)n3-c3ccccc3)sc2c1. The molecule has 2 aromatic heterocycles. The van der Waals surface area contributed by atoms with Gasteiger partial charge < -0.3 is 5.32 Å². The molecule has 5 rings (SSSR count). The Morgan fingerprint density at radius 3 is 2.53 bits per heavy atom. The molecule has 0 spiro atoms. The van der Waals surface area contributed by atoms with Gasteiger partial charge in [0, 0.05) is 10.6 Å². The summed E-state index contributed by atoms with van der Waals surface area (Å²) in [6.07, 6.45) is 0. The van der Waals surface area contributed by atoms with Crippen LogP contribution in [-0.4, -0.2) is 31.4 Å². The fourth-order valence-electron chi connectivity index (χ4n) is 3.36. The summed E-state index contributed by atoms with van der Waals surface area (Å²) in [5.41, 5.74) is 3.04. The molecule has 0 saturated carbocycles. The number of aromatic nitrogens is 4. The second-order valence-corrected chi connectivity index (χ2v) is 10.5. The quantitative estimate of drug-likeness (QED) is 0.254. The average molecular weight is 504 g/mol. The van der Waals surface area contributed by atoms with E-state index in [1.165, 1.54) is 33.6 Å². The number of thiazole rings is 1. The fraction of sp³-hybridized carbons (Fsp3) is 0.120. The van der Waals surface area contributed by atoms with E-state index in [1.54, 1.807) is 11.8 Å². The fourth-order valence-corrected chi connectivity index (χ4v) is 5.94. The molecule has 1 N–H and O–H groups in total. The van der Waals surface area contributed by atoms with Crippen LogP contribution in [0.1, 0.15) is 11.4 Å². The summed E-state index contributed by atoms with van der Waals surface area (Å²) in [5, 5.41) is 13.0. The van der Waals surface area contributed by atoms with Gasteiger partial charge in [-0.05, 0) is 48.9 Å². The standard InChI is InChI=1S/C25H21N5OS3/c1-17-12-13-20-21(14-17)34-24(26-20)27-23(31)16-33-25-29-28-22(15-32-19-10-6-3-7-11-19)30(25)18-8-4-2-5-9-18/h2-14H,15-16H2,1H3,(H,26,27,31). The van der Waals surface area contributed by atoms with Crippen molar-refractivity contribution in [3.05, 3.63) is 90.3 Å². The van der Waals surface area contributed by atoms with E-state index in [1.807, 2.05) is 72.2 Å². The van der Waals surface area contributed by atoms with Crippen molar-refractivity contribution in [2.24, 2.45) is 0 Å². The Bertz CT molecular complexity index is 1420. The number of para-hydroxylation sites is 1. The van der Waals surface area contributed by atoms with Gasteiger partial charge in [0.2, 0.25) is 5.91 Å². The van der Waals surface area contributed by atoms with E-state index in [2.05, 4.69) is 38.7 Å². The largest absolute Gasteiger partial charge is 0.301 e. The number of rotatable bonds is 8. The van der Waals surface area contributed by atoms with Crippen molar-refractivity contribution in [1.29, 1.82) is 0 Å². The summed E-state index contributed by atoms with van der Waals surface area (Å²) in [6.45, 7) is 2.05. The highest BCUT2D eigenvalue weighted by molar-refractivity contribution is 7.99. The maximum Gasteiger partial charge on any atom is 0.236 e. The number of benzene rings is 3. The van der Waals surface area contributed by atoms with Gasteiger partial charge in [0.15, 0.2) is 10.3 Å². The van der Waals surface area contributed by atoms with Crippen molar-refractivity contribution in [2.45, 2.75) is 22.7 Å². The zero-order chi connectivity index (χ0) is 23.3. The Labute approximate surface area is 209 Å². The number of carbonyl (C=O) groups excluding carboxylic acids is 1. The highest BCUT2D eigenvalue weighted by atomic mass is 32.2. The van der Waals surface area contributed by atoms with E-state index in [9.17, 15) is 4.79 Å². The molecule has 5 aromatic rings. The minimum Gasteiger partial charge on any atom is -0.301 e. The van der Waals surface area contributed by atoms with Crippen molar-refractivity contribution < 1.29 is 4.79 Å². The molecule has 0 aliphatic carbocycles. The smallest absolute Gasteiger partial charge is 0.236 e. The third kappa shape index (κ3) is 5.32. The van der Waals surface area contributed by atoms with E-state index in [0.29, 0.717) is 16.0 Å². The topological polar surface area (TPSA) is 72.7 Å². The Hall–Kier alpha value is -3.14. The van der Waals surface area contributed by atoms with E-state index in [-0.39, 0.29) is 11.7 Å². The highest BCUT2D eigenvalue weighted by Crippen LogP contribution is 2.29. The first-order valence-corrected chi connectivity index (χ1v) is 13.4. The number of anilines is 1. The maximum atomic E-state index is 12.7. The van der Waals surface area contributed by atoms with Gasteiger partial charge in [-0.25, -0.2) is 4.98 Å². The molecule has 6 nitrogen and oxygen atoms in total. The minimum absolute atomic E-state index is 0.122. The van der Waals surface area contributed by atoms with E-state index < -0.39 is 0 Å². The summed E-state index contributed by atoms with van der Waals surface area (Å²) < 4.78 is 3.08. The average Bonchev–Trinajstić information content (AvgIpc) is 3.45. The second-order valence-electron chi connectivity index (χ2n) is 7.50. The molecular formula is C25H21N5OS3. The Morgan fingerprint density at radius 2 is 1.74 bits per heavy atom. The number of thioether (sulfide) groups is 2. The zero-order valence-corrected chi connectivity index (χ0v) is 20.8. The van der Waals surface area contributed by atoms with Crippen LogP contribution in [0.3, 0.4) is 0 Å². The lowest BCUT2D eigenvalue weighted by atomic mass is 10.2. The van der Waals surface area contributed by atoms with Crippen LogP contribution in [0.25, 0.3) is 15.9 Å². The molecule has 0 radical (unpaired) electrons. The van der Waals surface area contributed by atoms with Gasteiger partial charge in [0.25, 0.3) is 0 Å². The Balaban J connectivity index is 1.30. The number of amides is 1. The lowest BCUT2D eigenvalue weighted by Crippen LogP contribution is -2.14. The number of aryl methyl sites for hydroxylation is 1. The number of hydrogen-bond donors (Lipinski definition) is 1. The monoisotopic (exact) mass is 503 g/mol. The molecule has 0 bridgehead atoms. The van der Waals surface area contributed by atoms with Crippen molar-refractivity contribution in [1.82, 2.24) is 19.7 Å². The first-order chi connectivity index (χ1) is 16.7. The summed E-state index contributed by atoms with van der Waals surface area (Å²) in [5.74, 6) is 1.60. The molecule has 0 fully saturated rings. The molecule has 0 saturated heterocycles. The summed E-state index contributed by atoms with van der Waals surface area (Å²) >= 11 is 4.55. The first kappa shape index (κ1) is 22.6. The molecule has 2 heterocycles. The Morgan fingerprint density at radius 1 is 0.971 bits per heavy atom. The molecule has 9 heteroatoms. The van der Waals surface area contributed by atoms with Crippen molar-refractivity contribution in [3.8, 4) is 5.69 Å². The van der Waals surface area contributed by atoms with Gasteiger partial charge in [-0.15, -0.1) is 22.0 Å². The molecule has 0 aliphatic rings. The molecule has 1 amide bonds. The van der Waals surface area contributed by atoms with Crippen molar-refractivity contribution in [2.75, 3.05) is 11.1 Å². The van der Waals surface area contributed by atoms with Gasteiger partial charge >= 0.3 is 0 Å². The predicted molar refractivity (Wildman–Crippen MR) is 141 cm³/mol. The Kier molecular flexibility index (Phi) is 6.94. The number of nitrogens with one attached hydrogen (secondary N) is 1.